The first kappa shape index (κ1) is 31.8. The molecule has 2 heterocycles. The summed E-state index contributed by atoms with van der Waals surface area (Å²) in [6, 6.07) is 20.0. The van der Waals surface area contributed by atoms with E-state index in [4.69, 9.17) is 21.9 Å². The van der Waals surface area contributed by atoms with Gasteiger partial charge in [-0.15, -0.1) is 11.8 Å². The Morgan fingerprint density at radius 3 is 2.35 bits per heavy atom. The summed E-state index contributed by atoms with van der Waals surface area (Å²) in [6.45, 7) is 9.90. The van der Waals surface area contributed by atoms with Crippen LogP contribution in [0.1, 0.15) is 48.9 Å². The normalized spacial score (nSPS) is 24.8. The van der Waals surface area contributed by atoms with Gasteiger partial charge in [0.05, 0.1) is 11.4 Å². The fourth-order valence-electron chi connectivity index (χ4n) is 6.95. The van der Waals surface area contributed by atoms with E-state index >= 15 is 0 Å². The molecule has 9 nitrogen and oxygen atoms in total. The van der Waals surface area contributed by atoms with Crippen LogP contribution in [0.5, 0.6) is 11.5 Å². The number of nitrogen functional groups attached to an aromatic ring is 1. The molecule has 10 heteroatoms. The standard InChI is InChI=1S/C36H40N6O3S/c1-21-18-24(45-23-8-6-5-7-9-23)10-11-25(21)36(40)26-12-13-27(38)31-28(26)29(30(39)32(36)43)34(46-31)42-16-14-41(15-17-42)33(44)22(20-37)19-35(2,3)4/h5-13,18-19,29-30,34H,14-17,38-40H2,1-4H3/b22-19+. The van der Waals surface area contributed by atoms with Crippen molar-refractivity contribution in [3.8, 4) is 17.6 Å². The van der Waals surface area contributed by atoms with Crippen molar-refractivity contribution < 1.29 is 14.3 Å². The van der Waals surface area contributed by atoms with E-state index in [1.807, 2.05) is 88.4 Å². The Morgan fingerprint density at radius 1 is 1.04 bits per heavy atom. The van der Waals surface area contributed by atoms with Crippen molar-refractivity contribution in [1.29, 1.82) is 5.26 Å². The molecule has 0 saturated carbocycles. The van der Waals surface area contributed by atoms with E-state index in [0.717, 1.165) is 21.6 Å². The van der Waals surface area contributed by atoms with Crippen molar-refractivity contribution in [2.24, 2.45) is 16.9 Å². The number of piperazine rings is 1. The van der Waals surface area contributed by atoms with Crippen LogP contribution < -0.4 is 21.9 Å². The van der Waals surface area contributed by atoms with Crippen LogP contribution in [-0.4, -0.2) is 59.1 Å². The van der Waals surface area contributed by atoms with Gasteiger partial charge in [-0.2, -0.15) is 5.26 Å². The van der Waals surface area contributed by atoms with E-state index in [1.165, 1.54) is 0 Å². The monoisotopic (exact) mass is 636 g/mol. The Kier molecular flexibility index (Phi) is 8.23. The molecule has 1 saturated heterocycles. The Bertz CT molecular complexity index is 1770. The van der Waals surface area contributed by atoms with Crippen molar-refractivity contribution in [2.75, 3.05) is 31.9 Å². The molecule has 238 valence electrons. The number of carbonyl (C=O) groups is 2. The Balaban J connectivity index is 1.29. The van der Waals surface area contributed by atoms with Gasteiger partial charge in [-0.3, -0.25) is 14.5 Å². The molecule has 0 spiro atoms. The second kappa shape index (κ2) is 11.9. The van der Waals surface area contributed by atoms with Gasteiger partial charge >= 0.3 is 0 Å². The number of aryl methyl sites for hydroxylation is 1. The molecule has 6 rings (SSSR count). The lowest BCUT2D eigenvalue weighted by atomic mass is 9.65. The quantitative estimate of drug-likeness (QED) is 0.207. The van der Waals surface area contributed by atoms with Crippen molar-refractivity contribution >= 4 is 29.1 Å². The van der Waals surface area contributed by atoms with Gasteiger partial charge in [0.2, 0.25) is 0 Å². The van der Waals surface area contributed by atoms with Gasteiger partial charge in [0.25, 0.3) is 5.91 Å². The maximum Gasteiger partial charge on any atom is 0.264 e. The highest BCUT2D eigenvalue weighted by Gasteiger charge is 2.56. The summed E-state index contributed by atoms with van der Waals surface area (Å²) >= 11 is 1.62. The van der Waals surface area contributed by atoms with Gasteiger partial charge in [0.15, 0.2) is 5.78 Å². The topological polar surface area (TPSA) is 152 Å². The molecule has 1 aliphatic carbocycles. The Labute approximate surface area is 274 Å². The highest BCUT2D eigenvalue weighted by molar-refractivity contribution is 8.00. The van der Waals surface area contributed by atoms with E-state index in [2.05, 4.69) is 11.0 Å². The number of hydrogen-bond acceptors (Lipinski definition) is 9. The van der Waals surface area contributed by atoms with Gasteiger partial charge in [-0.1, -0.05) is 57.2 Å². The van der Waals surface area contributed by atoms with Crippen LogP contribution in [-0.2, 0) is 15.1 Å². The van der Waals surface area contributed by atoms with Crippen molar-refractivity contribution in [3.05, 3.63) is 94.6 Å². The third-order valence-electron chi connectivity index (χ3n) is 9.10. The number of nitriles is 1. The number of para-hydroxylation sites is 1. The predicted octanol–water partition coefficient (Wildman–Crippen LogP) is 4.64. The van der Waals surface area contributed by atoms with Crippen LogP contribution >= 0.6 is 11.8 Å². The number of allylic oxidation sites excluding steroid dienone is 1. The number of nitrogens with zero attached hydrogens (tertiary/aromatic N) is 3. The molecule has 1 amide bonds. The van der Waals surface area contributed by atoms with E-state index in [9.17, 15) is 14.9 Å². The molecule has 3 aliphatic rings. The van der Waals surface area contributed by atoms with E-state index < -0.39 is 11.6 Å². The largest absolute Gasteiger partial charge is 0.457 e. The molecule has 3 aromatic carbocycles. The van der Waals surface area contributed by atoms with Gasteiger partial charge in [0, 0.05) is 42.7 Å². The summed E-state index contributed by atoms with van der Waals surface area (Å²) < 4.78 is 6.04. The van der Waals surface area contributed by atoms with Crippen molar-refractivity contribution in [3.63, 3.8) is 0 Å². The zero-order valence-corrected chi connectivity index (χ0v) is 27.4. The van der Waals surface area contributed by atoms with Crippen LogP contribution in [0.4, 0.5) is 5.69 Å². The van der Waals surface area contributed by atoms with Crippen LogP contribution in [0.2, 0.25) is 0 Å². The summed E-state index contributed by atoms with van der Waals surface area (Å²) in [6.07, 6.45) is 1.73. The van der Waals surface area contributed by atoms with Crippen molar-refractivity contribution in [2.45, 2.75) is 55.5 Å². The number of rotatable bonds is 5. The average Bonchev–Trinajstić information content (AvgIpc) is 3.44. The highest BCUT2D eigenvalue weighted by atomic mass is 32.2. The van der Waals surface area contributed by atoms with Crippen LogP contribution in [0.15, 0.2) is 77.2 Å². The van der Waals surface area contributed by atoms with Gasteiger partial charge in [-0.05, 0) is 64.9 Å². The molecule has 0 aromatic heterocycles. The number of thioether (sulfide) groups is 1. The van der Waals surface area contributed by atoms with Gasteiger partial charge < -0.3 is 26.8 Å². The first-order chi connectivity index (χ1) is 21.8. The molecule has 46 heavy (non-hydrogen) atoms. The van der Waals surface area contributed by atoms with E-state index in [1.54, 1.807) is 22.7 Å². The fourth-order valence-corrected chi connectivity index (χ4v) is 8.58. The average molecular weight is 637 g/mol. The number of carbonyl (C=O) groups excluding carboxylic acids is 2. The maximum atomic E-state index is 14.4. The summed E-state index contributed by atoms with van der Waals surface area (Å²) in [4.78, 5) is 32.5. The molecule has 0 radical (unpaired) electrons. The van der Waals surface area contributed by atoms with E-state index in [-0.39, 0.29) is 34.0 Å². The number of amides is 1. The lowest BCUT2D eigenvalue weighted by Gasteiger charge is -2.45. The van der Waals surface area contributed by atoms with Crippen LogP contribution in [0.25, 0.3) is 0 Å². The smallest absolute Gasteiger partial charge is 0.264 e. The minimum Gasteiger partial charge on any atom is -0.457 e. The molecule has 3 aromatic rings. The van der Waals surface area contributed by atoms with Gasteiger partial charge in [0.1, 0.15) is 28.7 Å². The lowest BCUT2D eigenvalue weighted by molar-refractivity contribution is -0.128. The molecular formula is C36H40N6O3S. The molecule has 4 unspecified atom stereocenters. The number of hydrogen-bond donors (Lipinski definition) is 3. The molecular weight excluding hydrogens is 597 g/mol. The van der Waals surface area contributed by atoms with Crippen LogP contribution in [0.3, 0.4) is 0 Å². The summed E-state index contributed by atoms with van der Waals surface area (Å²) in [5.74, 6) is 0.550. The number of ketones is 1. The molecule has 6 N–H and O–H groups in total. The fraction of sp³-hybridized carbons (Fsp3) is 0.361. The molecule has 1 fully saturated rings. The van der Waals surface area contributed by atoms with Crippen molar-refractivity contribution in [1.82, 2.24) is 9.80 Å². The zero-order chi connectivity index (χ0) is 33.0. The number of nitrogens with two attached hydrogens (primary N) is 3. The Morgan fingerprint density at radius 2 is 1.72 bits per heavy atom. The van der Waals surface area contributed by atoms with Crippen LogP contribution in [0, 0.1) is 23.7 Å². The lowest BCUT2D eigenvalue weighted by Crippen LogP contribution is -2.62. The minimum absolute atomic E-state index is 0.150. The first-order valence-corrected chi connectivity index (χ1v) is 16.4. The second-order valence-electron chi connectivity index (χ2n) is 13.4. The first-order valence-electron chi connectivity index (χ1n) is 15.5. The molecule has 4 atom stereocenters. The number of benzene rings is 3. The highest BCUT2D eigenvalue weighted by Crippen LogP contribution is 2.57. The summed E-state index contributed by atoms with van der Waals surface area (Å²) in [5, 5.41) is 9.51. The van der Waals surface area contributed by atoms with Gasteiger partial charge in [-0.25, -0.2) is 0 Å². The number of anilines is 1. The SMILES string of the molecule is Cc1cc(Oc2ccccc2)ccc1C1(N)C(=O)C(N)C2c3c1ccc(N)c3SC2N1CCN(C(=O)/C(C#N)=C/C(C)(C)C)CC1. The summed E-state index contributed by atoms with van der Waals surface area (Å²) in [7, 11) is 0. The van der Waals surface area contributed by atoms with E-state index in [0.29, 0.717) is 48.9 Å². The molecule has 0 bridgehead atoms. The maximum absolute atomic E-state index is 14.4. The molecule has 2 aliphatic heterocycles. The second-order valence-corrected chi connectivity index (χ2v) is 14.6. The third-order valence-corrected chi connectivity index (χ3v) is 10.6. The Hall–Kier alpha value is -4.14. The predicted molar refractivity (Wildman–Crippen MR) is 180 cm³/mol. The minimum atomic E-state index is -1.46. The summed E-state index contributed by atoms with van der Waals surface area (Å²) in [5.41, 5.74) is 22.8. The zero-order valence-electron chi connectivity index (χ0n) is 26.6. The number of ether oxygens (including phenoxy) is 1. The third kappa shape index (κ3) is 5.47. The number of Topliss-reactive ketones (excluding diaryl/α,β-unsaturated/α-hetero) is 1.